The molecule has 2 aromatic rings. The van der Waals surface area contributed by atoms with Gasteiger partial charge in [0.1, 0.15) is 0 Å². The molecule has 1 saturated heterocycles. The van der Waals surface area contributed by atoms with Crippen LogP contribution in [-0.4, -0.2) is 64.7 Å². The van der Waals surface area contributed by atoms with Crippen LogP contribution < -0.4 is 0 Å². The van der Waals surface area contributed by atoms with Gasteiger partial charge < -0.3 is 9.42 Å². The minimum Gasteiger partial charge on any atom is -0.340 e. The van der Waals surface area contributed by atoms with Crippen molar-refractivity contribution < 1.29 is 22.5 Å². The monoisotopic (exact) mass is 464 g/mol. The van der Waals surface area contributed by atoms with Crippen molar-refractivity contribution in [1.82, 2.24) is 19.9 Å². The summed E-state index contributed by atoms with van der Waals surface area (Å²) >= 11 is 0. The molecule has 1 amide bonds. The molecule has 0 N–H and O–H groups in total. The fourth-order valence-corrected chi connectivity index (χ4v) is 4.79. The second-order valence-electron chi connectivity index (χ2n) is 9.25. The first kappa shape index (κ1) is 23.7. The number of hydrogen-bond donors (Lipinski definition) is 0. The lowest BCUT2D eigenvalue weighted by atomic mass is 9.80. The van der Waals surface area contributed by atoms with E-state index in [4.69, 9.17) is 4.52 Å². The molecule has 0 spiro atoms. The highest BCUT2D eigenvalue weighted by atomic mass is 19.4. The third-order valence-electron chi connectivity index (χ3n) is 6.81. The molecule has 4 rings (SSSR count). The predicted octanol–water partition coefficient (Wildman–Crippen LogP) is 4.49. The fraction of sp³-hybridized carbons (Fsp3) is 0.625. The molecule has 2 heterocycles. The van der Waals surface area contributed by atoms with Gasteiger partial charge in [-0.2, -0.15) is 18.2 Å². The Balaban J connectivity index is 1.19. The number of hydrogen-bond acceptors (Lipinski definition) is 5. The van der Waals surface area contributed by atoms with Crippen LogP contribution in [0.25, 0.3) is 11.4 Å². The number of halogens is 3. The van der Waals surface area contributed by atoms with Crippen molar-refractivity contribution in [3.8, 4) is 11.4 Å². The number of piperazine rings is 1. The lowest BCUT2D eigenvalue weighted by Gasteiger charge is -2.38. The van der Waals surface area contributed by atoms with Gasteiger partial charge in [0, 0.05) is 44.1 Å². The van der Waals surface area contributed by atoms with Crippen LogP contribution >= 0.6 is 0 Å². The van der Waals surface area contributed by atoms with Crippen molar-refractivity contribution in [1.29, 1.82) is 0 Å². The summed E-state index contributed by atoms with van der Waals surface area (Å²) in [7, 11) is 0. The van der Waals surface area contributed by atoms with E-state index in [1.807, 2.05) is 31.2 Å². The molecule has 1 aromatic carbocycles. The minimum absolute atomic E-state index is 0.0582. The zero-order valence-electron chi connectivity index (χ0n) is 19.0. The van der Waals surface area contributed by atoms with E-state index in [9.17, 15) is 18.0 Å². The average molecular weight is 465 g/mol. The van der Waals surface area contributed by atoms with Crippen molar-refractivity contribution in [2.24, 2.45) is 11.8 Å². The Morgan fingerprint density at radius 3 is 2.55 bits per heavy atom. The maximum Gasteiger partial charge on any atom is 0.391 e. The SMILES string of the molecule is Cc1ccc(-c2noc(CCCN3CCN(C(=O)C4CCCC(C(F)(F)F)C4)CC3)n2)cc1. The number of rotatable bonds is 6. The smallest absolute Gasteiger partial charge is 0.340 e. The van der Waals surface area contributed by atoms with Gasteiger partial charge >= 0.3 is 6.18 Å². The van der Waals surface area contributed by atoms with Crippen LogP contribution in [-0.2, 0) is 11.2 Å². The largest absolute Gasteiger partial charge is 0.391 e. The van der Waals surface area contributed by atoms with E-state index in [1.165, 1.54) is 5.56 Å². The first-order valence-electron chi connectivity index (χ1n) is 11.8. The normalized spacial score (nSPS) is 22.5. The molecule has 180 valence electrons. The van der Waals surface area contributed by atoms with Crippen molar-refractivity contribution in [3.63, 3.8) is 0 Å². The van der Waals surface area contributed by atoms with Crippen LogP contribution in [0.1, 0.15) is 43.6 Å². The van der Waals surface area contributed by atoms with E-state index in [0.717, 1.165) is 31.6 Å². The predicted molar refractivity (Wildman–Crippen MR) is 117 cm³/mol. The van der Waals surface area contributed by atoms with Gasteiger partial charge in [-0.05, 0) is 39.2 Å². The standard InChI is InChI=1S/C24H31F3N4O2/c1-17-7-9-18(10-8-17)22-28-21(33-29-22)6-3-11-30-12-14-31(15-13-30)23(32)19-4-2-5-20(16-19)24(25,26)27/h7-10,19-20H,2-6,11-16H2,1H3. The van der Waals surface area contributed by atoms with Gasteiger partial charge in [0.2, 0.25) is 17.6 Å². The topological polar surface area (TPSA) is 62.5 Å². The fourth-order valence-electron chi connectivity index (χ4n) is 4.79. The number of carbonyl (C=O) groups excluding carboxylic acids is 1. The summed E-state index contributed by atoms with van der Waals surface area (Å²) in [6, 6.07) is 7.97. The zero-order chi connectivity index (χ0) is 23.4. The molecule has 2 atom stereocenters. The maximum absolute atomic E-state index is 13.1. The number of nitrogens with zero attached hydrogens (tertiary/aromatic N) is 4. The molecular formula is C24H31F3N4O2. The Morgan fingerprint density at radius 1 is 1.12 bits per heavy atom. The molecular weight excluding hydrogens is 433 g/mol. The number of carbonyl (C=O) groups is 1. The van der Waals surface area contributed by atoms with Gasteiger partial charge in [-0.25, -0.2) is 0 Å². The number of aromatic nitrogens is 2. The van der Waals surface area contributed by atoms with E-state index < -0.39 is 18.0 Å². The molecule has 9 heteroatoms. The molecule has 1 aliphatic carbocycles. The molecule has 2 fully saturated rings. The van der Waals surface area contributed by atoms with Gasteiger partial charge in [-0.3, -0.25) is 9.69 Å². The number of alkyl halides is 3. The van der Waals surface area contributed by atoms with Crippen LogP contribution in [0.5, 0.6) is 0 Å². The summed E-state index contributed by atoms with van der Waals surface area (Å²) in [5.41, 5.74) is 2.10. The van der Waals surface area contributed by atoms with E-state index in [0.29, 0.717) is 44.1 Å². The van der Waals surface area contributed by atoms with Gasteiger partial charge in [0.25, 0.3) is 0 Å². The van der Waals surface area contributed by atoms with E-state index >= 15 is 0 Å². The van der Waals surface area contributed by atoms with Crippen LogP contribution in [0.2, 0.25) is 0 Å². The Morgan fingerprint density at radius 2 is 1.85 bits per heavy atom. The third kappa shape index (κ3) is 6.13. The number of benzene rings is 1. The first-order chi connectivity index (χ1) is 15.8. The molecule has 2 unspecified atom stereocenters. The van der Waals surface area contributed by atoms with Crippen molar-refractivity contribution in [2.75, 3.05) is 32.7 Å². The molecule has 1 saturated carbocycles. The van der Waals surface area contributed by atoms with Gasteiger partial charge in [-0.1, -0.05) is 41.4 Å². The quantitative estimate of drug-likeness (QED) is 0.630. The highest BCUT2D eigenvalue weighted by molar-refractivity contribution is 5.79. The number of amides is 1. The molecule has 1 aliphatic heterocycles. The summed E-state index contributed by atoms with van der Waals surface area (Å²) in [5, 5.41) is 4.06. The van der Waals surface area contributed by atoms with Crippen LogP contribution in [0.15, 0.2) is 28.8 Å². The minimum atomic E-state index is -4.20. The molecule has 33 heavy (non-hydrogen) atoms. The van der Waals surface area contributed by atoms with Crippen molar-refractivity contribution in [2.45, 2.75) is 51.6 Å². The molecule has 1 aromatic heterocycles. The summed E-state index contributed by atoms with van der Waals surface area (Å²) in [4.78, 5) is 21.3. The summed E-state index contributed by atoms with van der Waals surface area (Å²) in [5.74, 6) is -0.725. The zero-order valence-corrected chi connectivity index (χ0v) is 19.0. The Bertz CT molecular complexity index is 921. The van der Waals surface area contributed by atoms with Crippen molar-refractivity contribution >= 4 is 5.91 Å². The Labute approximate surface area is 192 Å². The van der Waals surface area contributed by atoms with Crippen LogP contribution in [0.3, 0.4) is 0 Å². The second kappa shape index (κ2) is 10.2. The third-order valence-corrected chi connectivity index (χ3v) is 6.81. The lowest BCUT2D eigenvalue weighted by Crippen LogP contribution is -2.51. The molecule has 0 bridgehead atoms. The highest BCUT2D eigenvalue weighted by Crippen LogP contribution is 2.40. The molecule has 2 aliphatic rings. The second-order valence-corrected chi connectivity index (χ2v) is 9.25. The van der Waals surface area contributed by atoms with Gasteiger partial charge in [0.15, 0.2) is 0 Å². The van der Waals surface area contributed by atoms with E-state index in [1.54, 1.807) is 4.90 Å². The summed E-state index contributed by atoms with van der Waals surface area (Å²) in [6.07, 6.45) is -1.53. The lowest BCUT2D eigenvalue weighted by molar-refractivity contribution is -0.187. The van der Waals surface area contributed by atoms with Gasteiger partial charge in [0.05, 0.1) is 5.92 Å². The van der Waals surface area contributed by atoms with Gasteiger partial charge in [-0.15, -0.1) is 0 Å². The van der Waals surface area contributed by atoms with E-state index in [2.05, 4.69) is 15.0 Å². The van der Waals surface area contributed by atoms with E-state index in [-0.39, 0.29) is 18.7 Å². The molecule has 6 nitrogen and oxygen atoms in total. The summed E-state index contributed by atoms with van der Waals surface area (Å²) in [6.45, 7) is 5.50. The Hall–Kier alpha value is -2.42. The van der Waals surface area contributed by atoms with Crippen LogP contribution in [0.4, 0.5) is 13.2 Å². The van der Waals surface area contributed by atoms with Crippen LogP contribution in [0, 0.1) is 18.8 Å². The molecule has 0 radical (unpaired) electrons. The first-order valence-corrected chi connectivity index (χ1v) is 11.8. The summed E-state index contributed by atoms with van der Waals surface area (Å²) < 4.78 is 44.6. The average Bonchev–Trinajstić information content (AvgIpc) is 3.28. The number of aryl methyl sites for hydroxylation is 2. The Kier molecular flexibility index (Phi) is 7.36. The highest BCUT2D eigenvalue weighted by Gasteiger charge is 2.44. The van der Waals surface area contributed by atoms with Crippen molar-refractivity contribution in [3.05, 3.63) is 35.7 Å². The maximum atomic E-state index is 13.1.